The molecule has 0 spiro atoms. The third kappa shape index (κ3) is 2.08. The fourth-order valence-electron chi connectivity index (χ4n) is 2.93. The summed E-state index contributed by atoms with van der Waals surface area (Å²) in [6.45, 7) is 4.25. The predicted octanol–water partition coefficient (Wildman–Crippen LogP) is 0.535. The smallest absolute Gasteiger partial charge is 0.166 e. The minimum atomic E-state index is -0.679. The minimum Gasteiger partial charge on any atom is -0.387 e. The topological polar surface area (TPSA) is 108 Å². The summed E-state index contributed by atoms with van der Waals surface area (Å²) in [4.78, 5) is 12.4. The predicted molar refractivity (Wildman–Crippen MR) is 81.1 cm³/mol. The van der Waals surface area contributed by atoms with Crippen LogP contribution in [-0.2, 0) is 9.47 Å². The molecule has 2 aliphatic heterocycles. The van der Waals surface area contributed by atoms with E-state index in [1.165, 1.54) is 6.33 Å². The molecule has 0 radical (unpaired) electrons. The van der Waals surface area contributed by atoms with Gasteiger partial charge in [0.05, 0.1) is 18.2 Å². The second-order valence-corrected chi connectivity index (χ2v) is 7.29. The first-order chi connectivity index (χ1) is 10.5. The van der Waals surface area contributed by atoms with Crippen LogP contribution in [-0.4, -0.2) is 54.5 Å². The van der Waals surface area contributed by atoms with E-state index >= 15 is 0 Å². The Morgan fingerprint density at radius 2 is 2.23 bits per heavy atom. The number of anilines is 1. The Morgan fingerprint density at radius 1 is 1.41 bits per heavy atom. The van der Waals surface area contributed by atoms with E-state index < -0.39 is 11.9 Å². The van der Waals surface area contributed by atoms with Gasteiger partial charge in [0.15, 0.2) is 17.3 Å². The van der Waals surface area contributed by atoms with E-state index in [0.717, 1.165) is 0 Å². The van der Waals surface area contributed by atoms with Crippen LogP contribution in [0.2, 0.25) is 0 Å². The van der Waals surface area contributed by atoms with Crippen molar-refractivity contribution >= 4 is 28.7 Å². The Hall–Kier alpha value is -1.42. The molecule has 2 fully saturated rings. The maximum atomic E-state index is 10.7. The number of nitrogens with zero attached hydrogens (tertiary/aromatic N) is 4. The summed E-state index contributed by atoms with van der Waals surface area (Å²) in [6.07, 6.45) is 2.08. The lowest BCUT2D eigenvalue weighted by atomic mass is 10.1. The highest BCUT2D eigenvalue weighted by Gasteiger charge is 2.50. The van der Waals surface area contributed by atoms with Gasteiger partial charge < -0.3 is 20.3 Å². The third-order valence-electron chi connectivity index (χ3n) is 3.99. The lowest BCUT2D eigenvalue weighted by molar-refractivity contribution is -0.282. The summed E-state index contributed by atoms with van der Waals surface area (Å²) in [5, 5.41) is 10.5. The molecule has 2 saturated heterocycles. The third-order valence-corrected chi connectivity index (χ3v) is 5.52. The monoisotopic (exact) mass is 323 g/mol. The number of ether oxygens (including phenoxy) is 2. The molecule has 0 aliphatic carbocycles. The van der Waals surface area contributed by atoms with Crippen molar-refractivity contribution in [3.63, 3.8) is 0 Å². The van der Waals surface area contributed by atoms with Crippen LogP contribution in [0.15, 0.2) is 12.7 Å². The lowest BCUT2D eigenvalue weighted by Crippen LogP contribution is -2.49. The van der Waals surface area contributed by atoms with Crippen LogP contribution in [0.3, 0.4) is 0 Å². The van der Waals surface area contributed by atoms with Crippen molar-refractivity contribution in [2.75, 3.05) is 12.3 Å². The lowest BCUT2D eigenvalue weighted by Gasteiger charge is -2.38. The van der Waals surface area contributed by atoms with E-state index in [1.54, 1.807) is 18.1 Å². The summed E-state index contributed by atoms with van der Waals surface area (Å²) < 4.78 is 13.4. The van der Waals surface area contributed by atoms with E-state index in [-0.39, 0.29) is 16.7 Å². The van der Waals surface area contributed by atoms with Crippen molar-refractivity contribution in [3.8, 4) is 0 Å². The molecule has 8 nitrogen and oxygen atoms in total. The van der Waals surface area contributed by atoms with E-state index in [2.05, 4.69) is 15.0 Å². The first-order valence-electron chi connectivity index (χ1n) is 7.04. The molecule has 0 bridgehead atoms. The molecule has 0 saturated carbocycles. The average molecular weight is 323 g/mol. The molecule has 4 rings (SSSR count). The molecule has 2 aromatic heterocycles. The van der Waals surface area contributed by atoms with Gasteiger partial charge in [-0.25, -0.2) is 15.0 Å². The highest BCUT2D eigenvalue weighted by molar-refractivity contribution is 8.00. The van der Waals surface area contributed by atoms with Crippen LogP contribution in [0.25, 0.3) is 11.2 Å². The number of nitrogens with two attached hydrogens (primary N) is 1. The number of hydrogen-bond donors (Lipinski definition) is 2. The highest BCUT2D eigenvalue weighted by atomic mass is 32.2. The molecule has 4 heterocycles. The first kappa shape index (κ1) is 14.2. The van der Waals surface area contributed by atoms with Gasteiger partial charge >= 0.3 is 0 Å². The Labute approximate surface area is 131 Å². The molecule has 3 N–H and O–H groups in total. The van der Waals surface area contributed by atoms with Gasteiger partial charge in [0, 0.05) is 0 Å². The summed E-state index contributed by atoms with van der Waals surface area (Å²) in [7, 11) is 0. The molecule has 9 heteroatoms. The van der Waals surface area contributed by atoms with Gasteiger partial charge in [-0.05, 0) is 13.8 Å². The molecule has 0 aromatic carbocycles. The largest absolute Gasteiger partial charge is 0.387 e. The number of aromatic nitrogens is 4. The number of aliphatic hydroxyl groups is 1. The van der Waals surface area contributed by atoms with Crippen molar-refractivity contribution < 1.29 is 14.6 Å². The molecular weight excluding hydrogens is 306 g/mol. The summed E-state index contributed by atoms with van der Waals surface area (Å²) >= 11 is 1.60. The van der Waals surface area contributed by atoms with Crippen LogP contribution < -0.4 is 5.73 Å². The zero-order valence-electron chi connectivity index (χ0n) is 12.2. The number of imidazole rings is 1. The summed E-state index contributed by atoms with van der Waals surface area (Å²) in [5.74, 6) is -0.347. The zero-order chi connectivity index (χ0) is 15.5. The second kappa shape index (κ2) is 4.79. The van der Waals surface area contributed by atoms with Crippen molar-refractivity contribution in [2.45, 2.75) is 42.5 Å². The Morgan fingerprint density at radius 3 is 3.05 bits per heavy atom. The number of thioether (sulfide) groups is 1. The van der Waals surface area contributed by atoms with E-state index in [9.17, 15) is 5.11 Å². The zero-order valence-corrected chi connectivity index (χ0v) is 13.0. The molecule has 0 unspecified atom stereocenters. The van der Waals surface area contributed by atoms with Crippen LogP contribution in [0.4, 0.5) is 5.82 Å². The van der Waals surface area contributed by atoms with Gasteiger partial charge in [-0.2, -0.15) is 0 Å². The van der Waals surface area contributed by atoms with Crippen molar-refractivity contribution in [1.82, 2.24) is 19.5 Å². The number of nitrogen functional groups attached to an aromatic ring is 1. The van der Waals surface area contributed by atoms with Crippen LogP contribution in [0.5, 0.6) is 0 Å². The van der Waals surface area contributed by atoms with Crippen molar-refractivity contribution in [3.05, 3.63) is 12.7 Å². The van der Waals surface area contributed by atoms with E-state index in [1.807, 2.05) is 18.4 Å². The van der Waals surface area contributed by atoms with Crippen molar-refractivity contribution in [1.29, 1.82) is 0 Å². The van der Waals surface area contributed by atoms with E-state index in [0.29, 0.717) is 23.6 Å². The molecule has 22 heavy (non-hydrogen) atoms. The van der Waals surface area contributed by atoms with Crippen LogP contribution in [0, 0.1) is 0 Å². The first-order valence-corrected chi connectivity index (χ1v) is 7.99. The summed E-state index contributed by atoms with van der Waals surface area (Å²) in [5.41, 5.74) is 6.97. The number of rotatable bonds is 1. The maximum Gasteiger partial charge on any atom is 0.166 e. The summed E-state index contributed by atoms with van der Waals surface area (Å²) in [6, 6.07) is 0. The number of hydrogen-bond acceptors (Lipinski definition) is 8. The SMILES string of the molecule is CC1(C)OC[C@H]2S[C@H](n3cnc4c(N)ncnc43)[C@H](O)[C@H]2O1. The maximum absolute atomic E-state index is 10.7. The fourth-order valence-corrected chi connectivity index (χ4v) is 4.41. The fraction of sp³-hybridized carbons (Fsp3) is 0.615. The Bertz CT molecular complexity index is 721. The van der Waals surface area contributed by atoms with Gasteiger partial charge in [0.1, 0.15) is 29.4 Å². The average Bonchev–Trinajstić information content (AvgIpc) is 3.01. The van der Waals surface area contributed by atoms with E-state index in [4.69, 9.17) is 15.2 Å². The molecule has 2 aliphatic rings. The van der Waals surface area contributed by atoms with Crippen LogP contribution >= 0.6 is 11.8 Å². The molecular formula is C13H17N5O3S. The quantitative estimate of drug-likeness (QED) is 0.782. The number of fused-ring (bicyclic) bond motifs is 2. The standard InChI is InChI=1S/C13H17N5O3S/c1-13(2)20-3-6-9(21-13)8(19)12(22-6)18-5-17-7-10(14)15-4-16-11(7)18/h4-6,8-9,12,19H,3H2,1-2H3,(H2,14,15,16)/t6-,8-,9+,12+/m1/s1. The van der Waals surface area contributed by atoms with Crippen LogP contribution in [0.1, 0.15) is 19.2 Å². The van der Waals surface area contributed by atoms with Gasteiger partial charge in [0.2, 0.25) is 0 Å². The Balaban J connectivity index is 1.70. The molecule has 0 amide bonds. The normalized spacial score (nSPS) is 34.0. The second-order valence-electron chi connectivity index (χ2n) is 5.93. The van der Waals surface area contributed by atoms with Gasteiger partial charge in [0.25, 0.3) is 0 Å². The molecule has 118 valence electrons. The van der Waals surface area contributed by atoms with Gasteiger partial charge in [-0.3, -0.25) is 4.57 Å². The molecule has 4 atom stereocenters. The number of aliphatic hydroxyl groups excluding tert-OH is 1. The Kier molecular flexibility index (Phi) is 3.09. The highest BCUT2D eigenvalue weighted by Crippen LogP contribution is 2.47. The van der Waals surface area contributed by atoms with Gasteiger partial charge in [-0.15, -0.1) is 11.8 Å². The van der Waals surface area contributed by atoms with Gasteiger partial charge in [-0.1, -0.05) is 0 Å². The van der Waals surface area contributed by atoms with Crippen molar-refractivity contribution in [2.24, 2.45) is 0 Å². The minimum absolute atomic E-state index is 0.0738. The molecule has 2 aromatic rings.